The van der Waals surface area contributed by atoms with Gasteiger partial charge in [0, 0.05) is 27.9 Å². The van der Waals surface area contributed by atoms with Crippen molar-refractivity contribution < 1.29 is 58.3 Å². The molecule has 276 valence electrons. The van der Waals surface area contributed by atoms with Crippen molar-refractivity contribution in [2.45, 2.75) is 27.1 Å². The summed E-state index contributed by atoms with van der Waals surface area (Å²) in [5, 5.41) is 24.1. The van der Waals surface area contributed by atoms with Crippen LogP contribution in [0.15, 0.2) is 73.7 Å². The highest BCUT2D eigenvalue weighted by atomic mass is 32.2. The Balaban J connectivity index is 1.56. The van der Waals surface area contributed by atoms with Crippen LogP contribution in [0.3, 0.4) is 0 Å². The third kappa shape index (κ3) is 13.4. The number of nitrogens with zero attached hydrogens (tertiary/aromatic N) is 5. The predicted molar refractivity (Wildman–Crippen MR) is 189 cm³/mol. The molecule has 19 nitrogen and oxygen atoms in total. The van der Waals surface area contributed by atoms with Crippen LogP contribution in [-0.4, -0.2) is 89.2 Å². The van der Waals surface area contributed by atoms with Crippen molar-refractivity contribution in [3.8, 4) is 5.75 Å². The standard InChI is InChI=1S/C26H28N6O13S6/c1-43-22-13-18(32-31-17-4-3-16-11-19(48-45-44-33)14-23(20(16)12-17)51(40,41)42)5-6-21(22)27-25-28-24(15-46-8-10-50(37,38)39)29-26(30-25)47-7-2-9-49(34,35)36/h3-6,11-14,33H,2,7-10,15H2,1H3,(H,34,35,36)(H,37,38,39)(H,40,41,42)(H,27,28,29,30)/b32-31+. The van der Waals surface area contributed by atoms with Gasteiger partial charge in [-0.2, -0.15) is 57.2 Å². The molecular weight excluding hydrogens is 797 g/mol. The fourth-order valence-corrected chi connectivity index (χ4v) is 8.57. The summed E-state index contributed by atoms with van der Waals surface area (Å²) in [6.07, 6.45) is 0.123. The summed E-state index contributed by atoms with van der Waals surface area (Å²) in [5.41, 5.74) is 0.988. The summed E-state index contributed by atoms with van der Waals surface area (Å²) in [4.78, 5) is 12.9. The number of hydrogen-bond donors (Lipinski definition) is 5. The van der Waals surface area contributed by atoms with Crippen molar-refractivity contribution >= 4 is 99.7 Å². The Morgan fingerprint density at radius 3 is 2.22 bits per heavy atom. The van der Waals surface area contributed by atoms with E-state index < -0.39 is 46.8 Å². The van der Waals surface area contributed by atoms with Crippen molar-refractivity contribution in [2.75, 3.05) is 35.4 Å². The first-order valence-corrected chi connectivity index (χ1v) is 21.5. The summed E-state index contributed by atoms with van der Waals surface area (Å²) in [6, 6.07) is 11.9. The Bertz CT molecular complexity index is 2170. The Labute approximate surface area is 304 Å². The lowest BCUT2D eigenvalue weighted by molar-refractivity contribution is -0.432. The molecule has 0 bridgehead atoms. The fourth-order valence-electron chi connectivity index (χ4n) is 4.06. The topological polar surface area (TPSA) is 286 Å². The van der Waals surface area contributed by atoms with E-state index in [1.807, 2.05) is 0 Å². The minimum Gasteiger partial charge on any atom is -0.494 e. The van der Waals surface area contributed by atoms with Crippen LogP contribution in [0.1, 0.15) is 12.2 Å². The molecule has 51 heavy (non-hydrogen) atoms. The lowest BCUT2D eigenvalue weighted by atomic mass is 10.1. The zero-order valence-electron chi connectivity index (χ0n) is 26.0. The SMILES string of the molecule is COc1cc(/N=N/c2ccc3cc(SOOO)cc(S(=O)(=O)O)c3c2)ccc1Nc1nc(CSCCS(=O)(=O)O)nc(SCCCS(=O)(=O)O)n1. The number of ether oxygens (including phenoxy) is 1. The molecule has 1 aromatic heterocycles. The maximum atomic E-state index is 12.1. The van der Waals surface area contributed by atoms with Crippen molar-refractivity contribution in [3.05, 3.63) is 54.4 Å². The molecular formula is C26H28N6O13S6. The van der Waals surface area contributed by atoms with E-state index in [2.05, 4.69) is 39.9 Å². The third-order valence-corrected chi connectivity index (χ3v) is 11.3. The molecule has 0 aliphatic heterocycles. The Kier molecular flexibility index (Phi) is 14.3. The van der Waals surface area contributed by atoms with E-state index in [1.165, 1.54) is 19.2 Å². The van der Waals surface area contributed by atoms with Gasteiger partial charge in [-0.25, -0.2) is 10.2 Å². The number of benzene rings is 3. The van der Waals surface area contributed by atoms with Crippen LogP contribution >= 0.6 is 35.6 Å². The molecule has 0 fully saturated rings. The fraction of sp³-hybridized carbons (Fsp3) is 0.269. The number of thioether (sulfide) groups is 2. The zero-order valence-corrected chi connectivity index (χ0v) is 30.9. The van der Waals surface area contributed by atoms with Crippen molar-refractivity contribution in [3.63, 3.8) is 0 Å². The molecule has 4 rings (SSSR count). The first kappa shape index (κ1) is 40.6. The van der Waals surface area contributed by atoms with Crippen LogP contribution in [0.5, 0.6) is 5.75 Å². The van der Waals surface area contributed by atoms with Crippen LogP contribution in [-0.2, 0) is 45.5 Å². The minimum atomic E-state index is -4.68. The van der Waals surface area contributed by atoms with Crippen LogP contribution < -0.4 is 10.1 Å². The Hall–Kier alpha value is -3.21. The van der Waals surface area contributed by atoms with Gasteiger partial charge in [-0.15, -0.1) is 4.33 Å². The molecule has 0 amide bonds. The first-order chi connectivity index (χ1) is 24.0. The summed E-state index contributed by atoms with van der Waals surface area (Å²) in [5.74, 6) is 0.237. The molecule has 0 saturated heterocycles. The van der Waals surface area contributed by atoms with Gasteiger partial charge in [0.05, 0.1) is 53.5 Å². The Morgan fingerprint density at radius 2 is 1.55 bits per heavy atom. The van der Waals surface area contributed by atoms with Gasteiger partial charge in [-0.1, -0.05) is 22.9 Å². The molecule has 0 radical (unpaired) electrons. The van der Waals surface area contributed by atoms with Gasteiger partial charge >= 0.3 is 0 Å². The lowest BCUT2D eigenvalue weighted by Crippen LogP contribution is -2.08. The number of hydrogen-bond acceptors (Lipinski definition) is 19. The number of fused-ring (bicyclic) bond motifs is 1. The predicted octanol–water partition coefficient (Wildman–Crippen LogP) is 5.36. The van der Waals surface area contributed by atoms with Crippen molar-refractivity contribution in [1.29, 1.82) is 0 Å². The van der Waals surface area contributed by atoms with E-state index in [0.717, 1.165) is 29.6 Å². The highest BCUT2D eigenvalue weighted by molar-refractivity contribution is 7.99. The second kappa shape index (κ2) is 18.0. The molecule has 1 heterocycles. The molecule has 25 heteroatoms. The van der Waals surface area contributed by atoms with E-state index in [-0.39, 0.29) is 56.6 Å². The van der Waals surface area contributed by atoms with Gasteiger partial charge in [-0.05, 0) is 48.2 Å². The number of rotatable bonds is 19. The number of nitrogens with one attached hydrogen (secondary N) is 1. The number of azo groups is 1. The van der Waals surface area contributed by atoms with Crippen molar-refractivity contribution in [1.82, 2.24) is 15.0 Å². The van der Waals surface area contributed by atoms with Crippen LogP contribution in [0.2, 0.25) is 0 Å². The molecule has 5 N–H and O–H groups in total. The molecule has 0 aliphatic carbocycles. The van der Waals surface area contributed by atoms with E-state index in [0.29, 0.717) is 34.6 Å². The quantitative estimate of drug-likeness (QED) is 0.0151. The number of methoxy groups -OCH3 is 1. The first-order valence-electron chi connectivity index (χ1n) is 14.0. The molecule has 0 saturated carbocycles. The molecule has 0 unspecified atom stereocenters. The van der Waals surface area contributed by atoms with Gasteiger partial charge in [-0.3, -0.25) is 13.7 Å². The summed E-state index contributed by atoms with van der Waals surface area (Å²) in [7, 11) is -11.6. The molecule has 0 atom stereocenters. The second-order valence-corrected chi connectivity index (χ2v) is 17.4. The van der Waals surface area contributed by atoms with Crippen molar-refractivity contribution in [2.24, 2.45) is 10.2 Å². The van der Waals surface area contributed by atoms with E-state index >= 15 is 0 Å². The largest absolute Gasteiger partial charge is 0.494 e. The smallest absolute Gasteiger partial charge is 0.295 e. The van der Waals surface area contributed by atoms with Gasteiger partial charge in [0.25, 0.3) is 30.4 Å². The maximum absolute atomic E-state index is 12.1. The van der Waals surface area contributed by atoms with E-state index in [1.54, 1.807) is 30.3 Å². The van der Waals surface area contributed by atoms with Crippen LogP contribution in [0.25, 0.3) is 10.8 Å². The summed E-state index contributed by atoms with van der Waals surface area (Å²) in [6.45, 7) is 0. The molecule has 3 aromatic carbocycles. The van der Waals surface area contributed by atoms with E-state index in [9.17, 15) is 29.8 Å². The normalized spacial score (nSPS) is 12.5. The average Bonchev–Trinajstić information content (AvgIpc) is 3.05. The van der Waals surface area contributed by atoms with Gasteiger partial charge in [0.15, 0.2) is 5.16 Å². The summed E-state index contributed by atoms with van der Waals surface area (Å²) >= 11 is 2.80. The van der Waals surface area contributed by atoms with Gasteiger partial charge < -0.3 is 10.1 Å². The highest BCUT2D eigenvalue weighted by Crippen LogP contribution is 2.35. The molecule has 0 spiro atoms. The number of aromatic nitrogens is 3. The Morgan fingerprint density at radius 1 is 0.843 bits per heavy atom. The monoisotopic (exact) mass is 824 g/mol. The maximum Gasteiger partial charge on any atom is 0.295 e. The van der Waals surface area contributed by atoms with Crippen LogP contribution in [0.4, 0.5) is 23.0 Å². The van der Waals surface area contributed by atoms with Gasteiger partial charge in [0.2, 0.25) is 5.95 Å². The lowest BCUT2D eigenvalue weighted by Gasteiger charge is -2.12. The zero-order chi connectivity index (χ0) is 37.2. The third-order valence-electron chi connectivity index (χ3n) is 6.18. The van der Waals surface area contributed by atoms with Gasteiger partial charge in [0.1, 0.15) is 16.5 Å². The average molecular weight is 825 g/mol. The highest BCUT2D eigenvalue weighted by Gasteiger charge is 2.18. The molecule has 0 aliphatic rings. The van der Waals surface area contributed by atoms with Crippen LogP contribution in [0, 0.1) is 0 Å². The summed E-state index contributed by atoms with van der Waals surface area (Å²) < 4.78 is 106. The minimum absolute atomic E-state index is 0.0750. The van der Waals surface area contributed by atoms with E-state index in [4.69, 9.17) is 19.1 Å². The second-order valence-electron chi connectivity index (χ2n) is 9.92. The molecule has 4 aromatic rings. The number of anilines is 2.